The zero-order chi connectivity index (χ0) is 31.6. The first-order valence-electron chi connectivity index (χ1n) is 14.9. The first-order valence-corrected chi connectivity index (χ1v) is 16.1. The number of rotatable bonds is 4. The van der Waals surface area contributed by atoms with E-state index in [1.165, 1.54) is 18.2 Å². The Hall–Kier alpha value is -4.15. The molecule has 2 N–H and O–H groups in total. The minimum atomic E-state index is -0.853. The number of H-pyrrole nitrogens is 1. The van der Waals surface area contributed by atoms with Crippen LogP contribution in [-0.2, 0) is 22.4 Å². The van der Waals surface area contributed by atoms with Crippen molar-refractivity contribution in [2.45, 2.75) is 39.2 Å². The van der Waals surface area contributed by atoms with Gasteiger partial charge in [-0.15, -0.1) is 0 Å². The van der Waals surface area contributed by atoms with Gasteiger partial charge in [0, 0.05) is 52.7 Å². The van der Waals surface area contributed by atoms with Gasteiger partial charge in [-0.3, -0.25) is 9.48 Å². The maximum absolute atomic E-state index is 15.5. The number of nitrogens with one attached hydrogen (secondary N) is 1. The summed E-state index contributed by atoms with van der Waals surface area (Å²) in [5.74, 6) is 0.195. The Morgan fingerprint density at radius 1 is 1.13 bits per heavy atom. The number of benzene rings is 3. The number of aryl methyl sites for hydroxylation is 2. The first kappa shape index (κ1) is 30.9. The second-order valence-corrected chi connectivity index (χ2v) is 13.3. The highest BCUT2D eigenvalue weighted by Crippen LogP contribution is 2.37. The minimum absolute atomic E-state index is 0.0323. The lowest BCUT2D eigenvalue weighted by atomic mass is 9.98. The monoisotopic (exact) mass is 631 g/mol. The summed E-state index contributed by atoms with van der Waals surface area (Å²) >= 11 is 1.78. The molecule has 3 aromatic carbocycles. The number of nitrogens with zero attached hydrogens (tertiary/aromatic N) is 2. The fourth-order valence-corrected chi connectivity index (χ4v) is 6.79. The Labute approximate surface area is 264 Å². The SMILES string of the molecule is CC1(C)COCC(c2cccc(CCC(=O)O)c2)n2ccc(n2)-c2cc(ccc2F)Oc2c(F)cc3[nH]ccc3c2CCSC1. The highest BCUT2D eigenvalue weighted by Gasteiger charge is 2.24. The van der Waals surface area contributed by atoms with Crippen LogP contribution in [0, 0.1) is 17.0 Å². The van der Waals surface area contributed by atoms with Gasteiger partial charge in [-0.1, -0.05) is 38.1 Å². The zero-order valence-electron chi connectivity index (χ0n) is 25.2. The Morgan fingerprint density at radius 2 is 2.00 bits per heavy atom. The van der Waals surface area contributed by atoms with Crippen molar-refractivity contribution in [3.05, 3.63) is 101 Å². The number of carbonyl (C=O) groups is 1. The summed E-state index contributed by atoms with van der Waals surface area (Å²) in [5, 5.41) is 14.8. The van der Waals surface area contributed by atoms with Crippen molar-refractivity contribution in [2.75, 3.05) is 24.7 Å². The van der Waals surface area contributed by atoms with Crippen molar-refractivity contribution >= 4 is 28.6 Å². The molecule has 0 saturated carbocycles. The molecule has 10 heteroatoms. The molecule has 0 spiro atoms. The van der Waals surface area contributed by atoms with E-state index in [1.54, 1.807) is 41.0 Å². The quantitative estimate of drug-likeness (QED) is 0.209. The second-order valence-electron chi connectivity index (χ2n) is 12.2. The summed E-state index contributed by atoms with van der Waals surface area (Å²) in [6.45, 7) is 5.13. The first-order chi connectivity index (χ1) is 21.7. The van der Waals surface area contributed by atoms with E-state index in [4.69, 9.17) is 14.6 Å². The number of hydrogen-bond acceptors (Lipinski definition) is 5. The lowest BCUT2D eigenvalue weighted by Crippen LogP contribution is -2.26. The third kappa shape index (κ3) is 7.07. The molecule has 5 aromatic rings. The molecule has 0 amide bonds. The van der Waals surface area contributed by atoms with Gasteiger partial charge in [-0.2, -0.15) is 16.9 Å². The number of fused-ring (bicyclic) bond motifs is 8. The summed E-state index contributed by atoms with van der Waals surface area (Å²) in [7, 11) is 0. The van der Waals surface area contributed by atoms with Gasteiger partial charge in [-0.05, 0) is 65.5 Å². The van der Waals surface area contributed by atoms with E-state index in [0.29, 0.717) is 43.0 Å². The smallest absolute Gasteiger partial charge is 0.303 e. The molecule has 0 aliphatic carbocycles. The number of thioether (sulfide) groups is 1. The number of halogens is 2. The number of aromatic nitrogens is 3. The molecule has 4 bridgehead atoms. The van der Waals surface area contributed by atoms with Gasteiger partial charge in [0.1, 0.15) is 17.6 Å². The number of carboxylic acids is 1. The molecule has 3 heterocycles. The number of aliphatic carboxylic acids is 1. The van der Waals surface area contributed by atoms with E-state index >= 15 is 8.78 Å². The van der Waals surface area contributed by atoms with Crippen molar-refractivity contribution in [1.82, 2.24) is 14.8 Å². The molecule has 1 aliphatic heterocycles. The van der Waals surface area contributed by atoms with Crippen LogP contribution in [0.4, 0.5) is 8.78 Å². The van der Waals surface area contributed by atoms with Crippen molar-refractivity contribution in [3.8, 4) is 22.8 Å². The van der Waals surface area contributed by atoms with E-state index in [1.807, 2.05) is 30.3 Å². The van der Waals surface area contributed by atoms with Crippen LogP contribution in [0.1, 0.15) is 43.0 Å². The van der Waals surface area contributed by atoms with Crippen LogP contribution in [0.15, 0.2) is 73.1 Å². The molecule has 0 radical (unpaired) electrons. The van der Waals surface area contributed by atoms with E-state index in [9.17, 15) is 9.90 Å². The Kier molecular flexibility index (Phi) is 8.96. The fraction of sp³-hybridized carbons (Fsp3) is 0.314. The molecule has 45 heavy (non-hydrogen) atoms. The topological polar surface area (TPSA) is 89.4 Å². The molecular formula is C35H35F2N3O4S. The fourth-order valence-electron chi connectivity index (χ4n) is 5.66. The number of aromatic amines is 1. The average Bonchev–Trinajstić information content (AvgIpc) is 3.68. The molecule has 0 fully saturated rings. The molecule has 0 saturated heterocycles. The molecule has 1 unspecified atom stereocenters. The van der Waals surface area contributed by atoms with Crippen LogP contribution < -0.4 is 4.74 Å². The van der Waals surface area contributed by atoms with Crippen LogP contribution >= 0.6 is 11.8 Å². The number of ether oxygens (including phenoxy) is 2. The number of carboxylic acid groups (broad SMARTS) is 1. The van der Waals surface area contributed by atoms with Gasteiger partial charge in [0.05, 0.1) is 18.9 Å². The van der Waals surface area contributed by atoms with E-state index in [2.05, 4.69) is 18.8 Å². The molecule has 7 nitrogen and oxygen atoms in total. The van der Waals surface area contributed by atoms with Crippen LogP contribution in [0.5, 0.6) is 11.5 Å². The third-order valence-electron chi connectivity index (χ3n) is 7.95. The highest BCUT2D eigenvalue weighted by molar-refractivity contribution is 7.99. The van der Waals surface area contributed by atoms with E-state index in [0.717, 1.165) is 33.6 Å². The van der Waals surface area contributed by atoms with Crippen LogP contribution in [0.25, 0.3) is 22.2 Å². The maximum atomic E-state index is 15.5. The molecule has 2 aromatic heterocycles. The Bertz CT molecular complexity index is 1830. The lowest BCUT2D eigenvalue weighted by molar-refractivity contribution is -0.136. The lowest BCUT2D eigenvalue weighted by Gasteiger charge is -2.26. The maximum Gasteiger partial charge on any atom is 0.303 e. The van der Waals surface area contributed by atoms with Crippen LogP contribution in [0.3, 0.4) is 0 Å². The summed E-state index contributed by atoms with van der Waals surface area (Å²) in [6, 6.07) is 16.9. The van der Waals surface area contributed by atoms with Crippen LogP contribution in [-0.4, -0.2) is 50.6 Å². The molecule has 1 aliphatic rings. The van der Waals surface area contributed by atoms with Crippen molar-refractivity contribution in [3.63, 3.8) is 0 Å². The summed E-state index contributed by atoms with van der Waals surface area (Å²) in [6.07, 6.45) is 4.59. The average molecular weight is 632 g/mol. The van der Waals surface area contributed by atoms with Crippen molar-refractivity contribution < 1.29 is 28.2 Å². The molecule has 1 atom stereocenters. The Morgan fingerprint density at radius 3 is 2.84 bits per heavy atom. The standard InChI is InChI=1S/C35H35F2N3O4S/c1-35(2)20-43-19-32(23-5-3-4-22(16-23)6-9-33(41)42)40-14-11-30(39-40)27-17-24(7-8-28(27)36)44-34-26(12-15-45-21-35)25-10-13-38-31(25)18-29(34)37/h3-5,7-8,10-11,13-14,16-18,32,38H,6,9,12,15,19-21H2,1-2H3,(H,41,42). The molecular weight excluding hydrogens is 596 g/mol. The molecule has 234 valence electrons. The van der Waals surface area contributed by atoms with E-state index in [-0.39, 0.29) is 29.2 Å². The summed E-state index contributed by atoms with van der Waals surface area (Å²) in [4.78, 5) is 14.3. The van der Waals surface area contributed by atoms with Gasteiger partial charge in [0.15, 0.2) is 11.6 Å². The van der Waals surface area contributed by atoms with Gasteiger partial charge < -0.3 is 19.6 Å². The van der Waals surface area contributed by atoms with Crippen LogP contribution in [0.2, 0.25) is 0 Å². The number of hydrogen-bond donors (Lipinski definition) is 2. The van der Waals surface area contributed by atoms with Gasteiger partial charge in [-0.25, -0.2) is 8.78 Å². The zero-order valence-corrected chi connectivity index (χ0v) is 26.0. The predicted octanol–water partition coefficient (Wildman–Crippen LogP) is 8.04. The third-order valence-corrected chi connectivity index (χ3v) is 9.43. The highest BCUT2D eigenvalue weighted by atomic mass is 32.2. The van der Waals surface area contributed by atoms with Gasteiger partial charge in [0.2, 0.25) is 0 Å². The van der Waals surface area contributed by atoms with Crippen molar-refractivity contribution in [1.29, 1.82) is 0 Å². The predicted molar refractivity (Wildman–Crippen MR) is 172 cm³/mol. The molecule has 6 rings (SSSR count). The summed E-state index contributed by atoms with van der Waals surface area (Å²) in [5.41, 5.74) is 3.74. The Balaban J connectivity index is 1.40. The van der Waals surface area contributed by atoms with Gasteiger partial charge >= 0.3 is 5.97 Å². The minimum Gasteiger partial charge on any atom is -0.481 e. The van der Waals surface area contributed by atoms with E-state index < -0.39 is 17.6 Å². The van der Waals surface area contributed by atoms with Gasteiger partial charge in [0.25, 0.3) is 0 Å². The second kappa shape index (κ2) is 13.1. The largest absolute Gasteiger partial charge is 0.481 e. The van der Waals surface area contributed by atoms with Crippen molar-refractivity contribution in [2.24, 2.45) is 5.41 Å². The summed E-state index contributed by atoms with van der Waals surface area (Å²) < 4.78 is 45.0. The normalized spacial score (nSPS) is 17.2.